The second-order valence-electron chi connectivity index (χ2n) is 7.44. The van der Waals surface area contributed by atoms with Gasteiger partial charge < -0.3 is 18.6 Å². The summed E-state index contributed by atoms with van der Waals surface area (Å²) in [6.45, 7) is 6.09. The minimum atomic E-state index is -0.288. The molecule has 2 aromatic heterocycles. The lowest BCUT2D eigenvalue weighted by Gasteiger charge is -2.12. The van der Waals surface area contributed by atoms with Gasteiger partial charge in [-0.1, -0.05) is 17.4 Å². The van der Waals surface area contributed by atoms with Crippen molar-refractivity contribution in [3.05, 3.63) is 53.2 Å². The molecule has 0 unspecified atom stereocenters. The highest BCUT2D eigenvalue weighted by molar-refractivity contribution is 7.15. The largest absolute Gasteiger partial charge is 0.493 e. The van der Waals surface area contributed by atoms with Crippen LogP contribution in [0.5, 0.6) is 17.2 Å². The number of hydrogen-bond donors (Lipinski definition) is 1. The minimum Gasteiger partial charge on any atom is -0.493 e. The first-order valence-electron chi connectivity index (χ1n) is 10.6. The molecule has 4 aromatic rings. The number of nitrogens with zero attached hydrogens (tertiary/aromatic N) is 2. The molecule has 0 saturated heterocycles. The third kappa shape index (κ3) is 4.74. The number of aryl methyl sites for hydroxylation is 1. The lowest BCUT2D eigenvalue weighted by Crippen LogP contribution is -2.08. The van der Waals surface area contributed by atoms with Crippen molar-refractivity contribution in [2.45, 2.75) is 20.8 Å². The summed E-state index contributed by atoms with van der Waals surface area (Å²) in [7, 11) is 3.20. The highest BCUT2D eigenvalue weighted by Crippen LogP contribution is 2.40. The fraction of sp³-hybridized carbons (Fsp3) is 0.240. The van der Waals surface area contributed by atoms with E-state index in [1.807, 2.05) is 51.1 Å². The van der Waals surface area contributed by atoms with Crippen molar-refractivity contribution in [2.75, 3.05) is 26.1 Å². The summed E-state index contributed by atoms with van der Waals surface area (Å²) in [5, 5.41) is 12.7. The third-order valence-corrected chi connectivity index (χ3v) is 5.95. The molecule has 0 spiro atoms. The number of fused-ring (bicyclic) bond motifs is 1. The molecule has 0 radical (unpaired) electrons. The van der Waals surface area contributed by atoms with E-state index < -0.39 is 0 Å². The molecule has 8 nitrogen and oxygen atoms in total. The summed E-state index contributed by atoms with van der Waals surface area (Å²) in [5.41, 5.74) is 4.02. The van der Waals surface area contributed by atoms with Crippen LogP contribution in [-0.2, 0) is 4.79 Å². The Balaban J connectivity index is 1.75. The first-order chi connectivity index (χ1) is 16.4. The Kier molecular flexibility index (Phi) is 6.83. The van der Waals surface area contributed by atoms with E-state index in [1.165, 1.54) is 17.4 Å². The molecular weight excluding hydrogens is 454 g/mol. The van der Waals surface area contributed by atoms with E-state index in [9.17, 15) is 4.79 Å². The van der Waals surface area contributed by atoms with Crippen LogP contribution < -0.4 is 19.5 Å². The fourth-order valence-electron chi connectivity index (χ4n) is 3.63. The summed E-state index contributed by atoms with van der Waals surface area (Å²) in [6, 6.07) is 9.53. The third-order valence-electron chi connectivity index (χ3n) is 5.20. The molecule has 0 fully saturated rings. The highest BCUT2D eigenvalue weighted by atomic mass is 32.1. The quantitative estimate of drug-likeness (QED) is 0.323. The maximum Gasteiger partial charge on any atom is 0.250 e. The van der Waals surface area contributed by atoms with Crippen molar-refractivity contribution >= 4 is 38.9 Å². The number of carbonyl (C=O) groups is 1. The predicted molar refractivity (Wildman–Crippen MR) is 133 cm³/mol. The fourth-order valence-corrected chi connectivity index (χ4v) is 4.22. The van der Waals surface area contributed by atoms with Crippen LogP contribution in [0.4, 0.5) is 5.13 Å². The number of nitrogens with one attached hydrogen (secondary N) is 1. The van der Waals surface area contributed by atoms with Gasteiger partial charge in [-0.2, -0.15) is 0 Å². The van der Waals surface area contributed by atoms with E-state index >= 15 is 0 Å². The van der Waals surface area contributed by atoms with Crippen LogP contribution in [0.1, 0.15) is 24.4 Å². The van der Waals surface area contributed by atoms with Crippen molar-refractivity contribution in [3.63, 3.8) is 0 Å². The molecule has 0 aliphatic heterocycles. The predicted octanol–water partition coefficient (Wildman–Crippen LogP) is 5.72. The van der Waals surface area contributed by atoms with Crippen LogP contribution >= 0.6 is 11.3 Å². The second-order valence-corrected chi connectivity index (χ2v) is 8.62. The Morgan fingerprint density at radius 3 is 2.59 bits per heavy atom. The maximum atomic E-state index is 12.6. The number of rotatable bonds is 8. The zero-order chi connectivity index (χ0) is 24.2. The first kappa shape index (κ1) is 23.3. The molecule has 0 aliphatic rings. The number of benzene rings is 2. The maximum absolute atomic E-state index is 12.6. The van der Waals surface area contributed by atoms with Crippen LogP contribution in [0.3, 0.4) is 0 Å². The summed E-state index contributed by atoms with van der Waals surface area (Å²) < 4.78 is 22.5. The van der Waals surface area contributed by atoms with Crippen LogP contribution in [0.25, 0.3) is 27.7 Å². The van der Waals surface area contributed by atoms with Crippen molar-refractivity contribution < 1.29 is 23.4 Å². The van der Waals surface area contributed by atoms with E-state index in [4.69, 9.17) is 18.6 Å². The number of carbonyl (C=O) groups excluding carboxylic acids is 1. The van der Waals surface area contributed by atoms with E-state index in [0.717, 1.165) is 32.7 Å². The van der Waals surface area contributed by atoms with Gasteiger partial charge in [0.15, 0.2) is 11.5 Å². The normalized spacial score (nSPS) is 11.5. The summed E-state index contributed by atoms with van der Waals surface area (Å²) in [5.74, 6) is 1.62. The standard InChI is InChI=1S/C25H25N3O5S/c1-6-32-21-12-22-18(19(13-33-22)16-7-8-20(30-4)23(10-16)31-5)11-17(21)14(2)9-24(29)26-25-28-27-15(3)34-25/h7-13H,6H2,1-5H3,(H,26,28,29)/b14-9+. The summed E-state index contributed by atoms with van der Waals surface area (Å²) in [6.07, 6.45) is 3.23. The average Bonchev–Trinajstić information content (AvgIpc) is 3.43. The molecule has 1 N–H and O–H groups in total. The molecule has 0 atom stereocenters. The SMILES string of the molecule is CCOc1cc2occ(-c3ccc(OC)c(OC)c3)c2cc1/C(C)=C/C(=O)Nc1nnc(C)s1. The Hall–Kier alpha value is -3.85. The minimum absolute atomic E-state index is 0.288. The van der Waals surface area contributed by atoms with Crippen LogP contribution in [0.2, 0.25) is 0 Å². The van der Waals surface area contributed by atoms with Gasteiger partial charge in [0.05, 0.1) is 27.1 Å². The first-order valence-corrected chi connectivity index (χ1v) is 11.4. The molecule has 9 heteroatoms. The summed E-state index contributed by atoms with van der Waals surface area (Å²) >= 11 is 1.32. The number of ether oxygens (including phenoxy) is 3. The average molecular weight is 480 g/mol. The van der Waals surface area contributed by atoms with Crippen LogP contribution in [0, 0.1) is 6.92 Å². The van der Waals surface area contributed by atoms with Gasteiger partial charge in [-0.05, 0) is 50.1 Å². The van der Waals surface area contributed by atoms with Crippen molar-refractivity contribution in [2.24, 2.45) is 0 Å². The smallest absolute Gasteiger partial charge is 0.250 e. The molecule has 2 heterocycles. The second kappa shape index (κ2) is 9.96. The number of allylic oxidation sites excluding steroid dienone is 1. The number of furan rings is 1. The van der Waals surface area contributed by atoms with Crippen molar-refractivity contribution in [1.82, 2.24) is 10.2 Å². The molecule has 176 valence electrons. The number of aromatic nitrogens is 2. The molecule has 0 bridgehead atoms. The number of anilines is 1. The zero-order valence-corrected chi connectivity index (χ0v) is 20.4. The van der Waals surface area contributed by atoms with Crippen molar-refractivity contribution in [3.8, 4) is 28.4 Å². The number of amides is 1. The molecule has 34 heavy (non-hydrogen) atoms. The lowest BCUT2D eigenvalue weighted by atomic mass is 9.99. The molecule has 2 aromatic carbocycles. The van der Waals surface area contributed by atoms with Crippen LogP contribution in [-0.4, -0.2) is 36.9 Å². The molecule has 4 rings (SSSR count). The summed E-state index contributed by atoms with van der Waals surface area (Å²) in [4.78, 5) is 12.6. The van der Waals surface area contributed by atoms with E-state index in [2.05, 4.69) is 15.5 Å². The molecular formula is C25H25N3O5S. The van der Waals surface area contributed by atoms with E-state index in [-0.39, 0.29) is 5.91 Å². The number of methoxy groups -OCH3 is 2. The Morgan fingerprint density at radius 2 is 1.91 bits per heavy atom. The molecule has 0 aliphatic carbocycles. The monoisotopic (exact) mass is 479 g/mol. The molecule has 1 amide bonds. The van der Waals surface area contributed by atoms with Gasteiger partial charge in [0.25, 0.3) is 0 Å². The van der Waals surface area contributed by atoms with Gasteiger partial charge in [0, 0.05) is 28.7 Å². The van der Waals surface area contributed by atoms with Gasteiger partial charge in [-0.15, -0.1) is 10.2 Å². The van der Waals surface area contributed by atoms with Gasteiger partial charge in [-0.25, -0.2) is 0 Å². The zero-order valence-electron chi connectivity index (χ0n) is 19.6. The van der Waals surface area contributed by atoms with Crippen LogP contribution in [0.15, 0.2) is 47.1 Å². The Labute approximate surface area is 201 Å². The Morgan fingerprint density at radius 1 is 1.12 bits per heavy atom. The topological polar surface area (TPSA) is 95.7 Å². The van der Waals surface area contributed by atoms with Gasteiger partial charge >= 0.3 is 0 Å². The Bertz CT molecular complexity index is 1370. The van der Waals surface area contributed by atoms with E-state index in [1.54, 1.807) is 20.5 Å². The van der Waals surface area contributed by atoms with E-state index in [0.29, 0.717) is 34.6 Å². The number of hydrogen-bond acceptors (Lipinski definition) is 8. The molecule has 0 saturated carbocycles. The van der Waals surface area contributed by atoms with Gasteiger partial charge in [0.2, 0.25) is 11.0 Å². The lowest BCUT2D eigenvalue weighted by molar-refractivity contribution is -0.111. The highest BCUT2D eigenvalue weighted by Gasteiger charge is 2.17. The van der Waals surface area contributed by atoms with Crippen molar-refractivity contribution in [1.29, 1.82) is 0 Å². The van der Waals surface area contributed by atoms with Gasteiger partial charge in [0.1, 0.15) is 16.3 Å². The van der Waals surface area contributed by atoms with Gasteiger partial charge in [-0.3, -0.25) is 10.1 Å².